The van der Waals surface area contributed by atoms with Crippen molar-refractivity contribution in [1.29, 1.82) is 0 Å². The van der Waals surface area contributed by atoms with Crippen LogP contribution in [-0.4, -0.2) is 17.1 Å². The predicted molar refractivity (Wildman–Crippen MR) is 51.4 cm³/mol. The van der Waals surface area contributed by atoms with Crippen molar-refractivity contribution < 1.29 is 9.90 Å². The Bertz CT molecular complexity index is 195. The van der Waals surface area contributed by atoms with Crippen LogP contribution in [0.4, 0.5) is 0 Å². The number of aliphatic carboxylic acids is 1. The Labute approximate surface area is 79.3 Å². The van der Waals surface area contributed by atoms with Crippen LogP contribution < -0.4 is 5.73 Å². The van der Waals surface area contributed by atoms with Crippen LogP contribution in [0.5, 0.6) is 0 Å². The third-order valence-corrected chi connectivity index (χ3v) is 3.43. The van der Waals surface area contributed by atoms with Gasteiger partial charge in [0.2, 0.25) is 0 Å². The van der Waals surface area contributed by atoms with E-state index >= 15 is 0 Å². The fourth-order valence-electron chi connectivity index (χ4n) is 2.03. The minimum Gasteiger partial charge on any atom is -0.480 e. The molecule has 0 spiro atoms. The van der Waals surface area contributed by atoms with Gasteiger partial charge in [-0.3, -0.25) is 4.79 Å². The van der Waals surface area contributed by atoms with Gasteiger partial charge in [0, 0.05) is 0 Å². The fourth-order valence-corrected chi connectivity index (χ4v) is 2.03. The Hall–Kier alpha value is -0.570. The molecule has 1 rings (SSSR count). The summed E-state index contributed by atoms with van der Waals surface area (Å²) in [6.07, 6.45) is 4.11. The molecule has 0 saturated heterocycles. The monoisotopic (exact) mass is 185 g/mol. The Morgan fingerprint density at radius 3 is 2.38 bits per heavy atom. The van der Waals surface area contributed by atoms with Crippen molar-refractivity contribution in [3.8, 4) is 0 Å². The van der Waals surface area contributed by atoms with Crippen molar-refractivity contribution in [3.05, 3.63) is 0 Å². The highest BCUT2D eigenvalue weighted by Crippen LogP contribution is 2.40. The molecule has 0 amide bonds. The molecule has 1 saturated carbocycles. The maximum Gasteiger partial charge on any atom is 0.321 e. The summed E-state index contributed by atoms with van der Waals surface area (Å²) in [7, 11) is 0. The normalized spacial score (nSPS) is 37.0. The van der Waals surface area contributed by atoms with E-state index in [4.69, 9.17) is 10.8 Å². The van der Waals surface area contributed by atoms with Crippen LogP contribution in [0.3, 0.4) is 0 Å². The molecule has 13 heavy (non-hydrogen) atoms. The van der Waals surface area contributed by atoms with Crippen LogP contribution in [0.1, 0.15) is 39.5 Å². The lowest BCUT2D eigenvalue weighted by Crippen LogP contribution is -2.47. The second-order valence-corrected chi connectivity index (χ2v) is 4.65. The first-order valence-corrected chi connectivity index (χ1v) is 4.94. The minimum absolute atomic E-state index is 0.182. The van der Waals surface area contributed by atoms with E-state index in [-0.39, 0.29) is 5.41 Å². The molecule has 1 fully saturated rings. The van der Waals surface area contributed by atoms with Crippen LogP contribution in [0.15, 0.2) is 0 Å². The zero-order valence-corrected chi connectivity index (χ0v) is 8.42. The van der Waals surface area contributed by atoms with Crippen molar-refractivity contribution in [3.63, 3.8) is 0 Å². The molecule has 0 bridgehead atoms. The molecule has 3 nitrogen and oxygen atoms in total. The molecule has 0 radical (unpaired) electrons. The molecule has 0 aromatic heterocycles. The van der Waals surface area contributed by atoms with Crippen molar-refractivity contribution >= 4 is 5.97 Å². The van der Waals surface area contributed by atoms with Crippen LogP contribution in [-0.2, 0) is 4.79 Å². The van der Waals surface area contributed by atoms with Gasteiger partial charge in [0.25, 0.3) is 0 Å². The van der Waals surface area contributed by atoms with Gasteiger partial charge in [-0.2, -0.15) is 0 Å². The van der Waals surface area contributed by atoms with Crippen molar-refractivity contribution in [2.24, 2.45) is 17.1 Å². The van der Waals surface area contributed by atoms with E-state index in [0.717, 1.165) is 31.6 Å². The molecule has 0 aliphatic heterocycles. The van der Waals surface area contributed by atoms with Crippen molar-refractivity contribution in [2.45, 2.75) is 45.6 Å². The van der Waals surface area contributed by atoms with Gasteiger partial charge in [-0.25, -0.2) is 0 Å². The summed E-state index contributed by atoms with van der Waals surface area (Å²) in [4.78, 5) is 10.8. The molecule has 0 heterocycles. The highest BCUT2D eigenvalue weighted by Gasteiger charge is 2.38. The van der Waals surface area contributed by atoms with Gasteiger partial charge in [0.1, 0.15) is 6.04 Å². The highest BCUT2D eigenvalue weighted by molar-refractivity contribution is 5.74. The molecule has 76 valence electrons. The van der Waals surface area contributed by atoms with E-state index in [1.165, 1.54) is 0 Å². The number of hydrogen-bond acceptors (Lipinski definition) is 2. The number of carboxylic acids is 1. The zero-order chi connectivity index (χ0) is 10.1. The SMILES string of the molecule is CC1CCC(C)([C@H](N)C(=O)O)CC1. The highest BCUT2D eigenvalue weighted by atomic mass is 16.4. The Kier molecular flexibility index (Phi) is 2.96. The molecule has 0 unspecified atom stereocenters. The van der Waals surface area contributed by atoms with Crippen LogP contribution >= 0.6 is 0 Å². The quantitative estimate of drug-likeness (QED) is 0.687. The first-order chi connectivity index (χ1) is 5.96. The van der Waals surface area contributed by atoms with Gasteiger partial charge in [-0.05, 0) is 24.2 Å². The van der Waals surface area contributed by atoms with Gasteiger partial charge in [-0.15, -0.1) is 0 Å². The van der Waals surface area contributed by atoms with Gasteiger partial charge >= 0.3 is 5.97 Å². The van der Waals surface area contributed by atoms with Crippen LogP contribution in [0.25, 0.3) is 0 Å². The molecule has 1 atom stereocenters. The Morgan fingerprint density at radius 1 is 1.54 bits per heavy atom. The standard InChI is InChI=1S/C10H19NO2/c1-7-3-5-10(2,6-4-7)8(11)9(12)13/h7-8H,3-6,11H2,1-2H3,(H,12,13)/t7?,8-,10?/m1/s1. The zero-order valence-electron chi connectivity index (χ0n) is 8.42. The smallest absolute Gasteiger partial charge is 0.321 e. The van der Waals surface area contributed by atoms with E-state index in [9.17, 15) is 4.79 Å². The molecular formula is C10H19NO2. The van der Waals surface area contributed by atoms with E-state index in [1.807, 2.05) is 6.92 Å². The second-order valence-electron chi connectivity index (χ2n) is 4.65. The summed E-state index contributed by atoms with van der Waals surface area (Å²) in [5.41, 5.74) is 5.49. The summed E-state index contributed by atoms with van der Waals surface area (Å²) < 4.78 is 0. The third kappa shape index (κ3) is 2.21. The van der Waals surface area contributed by atoms with Crippen molar-refractivity contribution in [1.82, 2.24) is 0 Å². The number of hydrogen-bond donors (Lipinski definition) is 2. The van der Waals surface area contributed by atoms with Gasteiger partial charge in [0.15, 0.2) is 0 Å². The van der Waals surface area contributed by atoms with Crippen LogP contribution in [0.2, 0.25) is 0 Å². The average molecular weight is 185 g/mol. The van der Waals surface area contributed by atoms with E-state index < -0.39 is 12.0 Å². The Balaban J connectivity index is 2.61. The Morgan fingerprint density at radius 2 is 2.00 bits per heavy atom. The molecule has 0 aromatic carbocycles. The lowest BCUT2D eigenvalue weighted by Gasteiger charge is -2.38. The number of rotatable bonds is 2. The lowest BCUT2D eigenvalue weighted by molar-refractivity contribution is -0.142. The summed E-state index contributed by atoms with van der Waals surface area (Å²) >= 11 is 0. The summed E-state index contributed by atoms with van der Waals surface area (Å²) in [5, 5.41) is 8.84. The molecule has 1 aliphatic rings. The topological polar surface area (TPSA) is 63.3 Å². The molecular weight excluding hydrogens is 166 g/mol. The third-order valence-electron chi connectivity index (χ3n) is 3.43. The fraction of sp³-hybridized carbons (Fsp3) is 0.900. The summed E-state index contributed by atoms with van der Waals surface area (Å²) in [6.45, 7) is 4.21. The predicted octanol–water partition coefficient (Wildman–Crippen LogP) is 1.61. The molecule has 3 heteroatoms. The lowest BCUT2D eigenvalue weighted by atomic mass is 9.68. The van der Waals surface area contributed by atoms with E-state index in [0.29, 0.717) is 0 Å². The summed E-state index contributed by atoms with van der Waals surface area (Å²) in [5.74, 6) is -0.133. The van der Waals surface area contributed by atoms with Gasteiger partial charge in [0.05, 0.1) is 0 Å². The maximum absolute atomic E-state index is 10.8. The first-order valence-electron chi connectivity index (χ1n) is 4.94. The maximum atomic E-state index is 10.8. The number of carbonyl (C=O) groups is 1. The first kappa shape index (κ1) is 10.5. The largest absolute Gasteiger partial charge is 0.480 e. The van der Waals surface area contributed by atoms with E-state index in [2.05, 4.69) is 6.92 Å². The van der Waals surface area contributed by atoms with Gasteiger partial charge < -0.3 is 10.8 Å². The number of carboxylic acid groups (broad SMARTS) is 1. The second kappa shape index (κ2) is 3.66. The average Bonchev–Trinajstić information content (AvgIpc) is 2.09. The molecule has 3 N–H and O–H groups in total. The van der Waals surface area contributed by atoms with Gasteiger partial charge in [-0.1, -0.05) is 26.7 Å². The number of nitrogens with two attached hydrogens (primary N) is 1. The molecule has 0 aromatic rings. The van der Waals surface area contributed by atoms with Crippen molar-refractivity contribution in [2.75, 3.05) is 0 Å². The van der Waals surface area contributed by atoms with Crippen LogP contribution in [0, 0.1) is 11.3 Å². The summed E-state index contributed by atoms with van der Waals surface area (Å²) in [6, 6.07) is -0.694. The van der Waals surface area contributed by atoms with E-state index in [1.54, 1.807) is 0 Å². The molecule has 1 aliphatic carbocycles. The minimum atomic E-state index is -0.864.